The van der Waals surface area contributed by atoms with Gasteiger partial charge in [-0.15, -0.1) is 0 Å². The van der Waals surface area contributed by atoms with E-state index in [0.717, 1.165) is 39.0 Å². The Hall–Kier alpha value is -6.98. The Balaban J connectivity index is 1.36. The van der Waals surface area contributed by atoms with Crippen LogP contribution in [0, 0.1) is 0 Å². The molecule has 2 aliphatic rings. The first-order valence-electron chi connectivity index (χ1n) is 26.2. The molecule has 0 radical (unpaired) electrons. The quantitative estimate of drug-likeness (QED) is 0.155. The Kier molecular flexibility index (Phi) is 11.1. The van der Waals surface area contributed by atoms with Crippen LogP contribution >= 0.6 is 0 Å². The molecule has 2 aliphatic heterocycles. The van der Waals surface area contributed by atoms with E-state index in [2.05, 4.69) is 275 Å². The van der Waals surface area contributed by atoms with Crippen LogP contribution in [0.3, 0.4) is 0 Å². The second kappa shape index (κ2) is 16.8. The lowest BCUT2D eigenvalue weighted by atomic mass is 9.33. The fourth-order valence-electron chi connectivity index (χ4n) is 12.0. The molecule has 5 heteroatoms. The monoisotopic (exact) mass is 944 g/mol. The van der Waals surface area contributed by atoms with Gasteiger partial charge in [-0.25, -0.2) is 0 Å². The van der Waals surface area contributed by atoms with Gasteiger partial charge in [0.15, 0.2) is 5.58 Å². The van der Waals surface area contributed by atoms with Crippen LogP contribution < -0.4 is 31.1 Å². The maximum absolute atomic E-state index is 7.22. The number of furan rings is 1. The van der Waals surface area contributed by atoms with Gasteiger partial charge in [0.1, 0.15) is 5.58 Å². The topological polar surface area (TPSA) is 22.9 Å². The molecule has 11 rings (SSSR count). The van der Waals surface area contributed by atoms with E-state index in [-0.39, 0.29) is 28.4 Å². The summed E-state index contributed by atoms with van der Waals surface area (Å²) in [5, 5.41) is 2.25. The van der Waals surface area contributed by atoms with E-state index in [4.69, 9.17) is 4.42 Å². The Labute approximate surface area is 429 Å². The van der Waals surface area contributed by atoms with Crippen molar-refractivity contribution in [2.45, 2.75) is 125 Å². The molecule has 72 heavy (non-hydrogen) atoms. The average molecular weight is 944 g/mol. The number of anilines is 9. The van der Waals surface area contributed by atoms with Gasteiger partial charge in [-0.1, -0.05) is 218 Å². The van der Waals surface area contributed by atoms with Crippen LogP contribution in [0.4, 0.5) is 51.2 Å². The highest BCUT2D eigenvalue weighted by atomic mass is 16.3. The molecular weight excluding hydrogens is 874 g/mol. The average Bonchev–Trinajstić information content (AvgIpc) is 3.72. The number of fused-ring (bicyclic) bond motifs is 7. The molecule has 0 saturated heterocycles. The first kappa shape index (κ1) is 47.4. The summed E-state index contributed by atoms with van der Waals surface area (Å²) in [5.41, 5.74) is 22.0. The van der Waals surface area contributed by atoms with Crippen molar-refractivity contribution in [2.24, 2.45) is 0 Å². The molecule has 0 bridgehead atoms. The fourth-order valence-corrected chi connectivity index (χ4v) is 12.0. The van der Waals surface area contributed by atoms with Gasteiger partial charge in [0.2, 0.25) is 0 Å². The van der Waals surface area contributed by atoms with Gasteiger partial charge < -0.3 is 19.1 Å². The molecule has 0 unspecified atom stereocenters. The zero-order valence-electron chi connectivity index (χ0n) is 45.0. The number of hydrogen-bond donors (Lipinski definition) is 0. The third-order valence-corrected chi connectivity index (χ3v) is 15.3. The molecule has 3 heterocycles. The lowest BCUT2D eigenvalue weighted by molar-refractivity contribution is 0.587. The third-order valence-electron chi connectivity index (χ3n) is 15.3. The molecule has 0 atom stereocenters. The molecule has 0 spiro atoms. The molecule has 362 valence electrons. The number of benzene rings is 8. The highest BCUT2D eigenvalue weighted by molar-refractivity contribution is 7.00. The Morgan fingerprint density at radius 1 is 0.417 bits per heavy atom. The van der Waals surface area contributed by atoms with Gasteiger partial charge in [-0.05, 0) is 114 Å². The van der Waals surface area contributed by atoms with Gasteiger partial charge in [0.05, 0.1) is 11.4 Å². The summed E-state index contributed by atoms with van der Waals surface area (Å²) >= 11 is 0. The Morgan fingerprint density at radius 3 is 1.33 bits per heavy atom. The van der Waals surface area contributed by atoms with Crippen molar-refractivity contribution < 1.29 is 4.42 Å². The maximum Gasteiger partial charge on any atom is 0.252 e. The minimum absolute atomic E-state index is 0.0619. The lowest BCUT2D eigenvalue weighted by Crippen LogP contribution is -2.62. The van der Waals surface area contributed by atoms with Gasteiger partial charge in [0.25, 0.3) is 6.71 Å². The molecule has 0 N–H and O–H groups in total. The van der Waals surface area contributed by atoms with Crippen molar-refractivity contribution in [3.05, 3.63) is 192 Å². The molecule has 9 aromatic rings. The fraction of sp³-hybridized carbons (Fsp3) is 0.284. The van der Waals surface area contributed by atoms with Gasteiger partial charge in [-0.2, -0.15) is 0 Å². The zero-order valence-corrected chi connectivity index (χ0v) is 45.0. The van der Waals surface area contributed by atoms with E-state index < -0.39 is 0 Å². The summed E-state index contributed by atoms with van der Waals surface area (Å²) in [6, 6.07) is 61.8. The largest absolute Gasteiger partial charge is 0.454 e. The highest BCUT2D eigenvalue weighted by Gasteiger charge is 2.48. The second-order valence-corrected chi connectivity index (χ2v) is 24.8. The van der Waals surface area contributed by atoms with Gasteiger partial charge in [0, 0.05) is 50.6 Å². The molecule has 0 saturated carbocycles. The second-order valence-electron chi connectivity index (χ2n) is 24.8. The Morgan fingerprint density at radius 2 is 0.847 bits per heavy atom. The molecule has 8 aromatic carbocycles. The summed E-state index contributed by atoms with van der Waals surface area (Å²) in [7, 11) is 0. The van der Waals surface area contributed by atoms with Crippen LogP contribution in [0.25, 0.3) is 21.9 Å². The van der Waals surface area contributed by atoms with Crippen LogP contribution in [0.15, 0.2) is 168 Å². The molecule has 4 nitrogen and oxygen atoms in total. The first-order valence-corrected chi connectivity index (χ1v) is 26.2. The van der Waals surface area contributed by atoms with Crippen LogP contribution in [0.5, 0.6) is 0 Å². The minimum Gasteiger partial charge on any atom is -0.454 e. The van der Waals surface area contributed by atoms with Crippen molar-refractivity contribution in [2.75, 3.05) is 14.7 Å². The van der Waals surface area contributed by atoms with Crippen molar-refractivity contribution >= 4 is 96.2 Å². The van der Waals surface area contributed by atoms with Gasteiger partial charge >= 0.3 is 0 Å². The summed E-state index contributed by atoms with van der Waals surface area (Å²) in [5.74, 6) is 0.301. The number of rotatable bonds is 6. The SMILES string of the molecule is CC(C)c1cccc2c1oc1c(N(c3ccccc3)c3cc4c5c(c3)N(c3ccccc3C(C)(C)C)c3c(cccc3C(C)(C)C)B5c3cccc(C(C)(C)C)c3N4c3ccccc3C(C)(C)C)cccc12. The van der Waals surface area contributed by atoms with E-state index in [1.165, 1.54) is 78.3 Å². The maximum atomic E-state index is 7.22. The molecule has 0 aliphatic carbocycles. The van der Waals surface area contributed by atoms with Crippen LogP contribution in [0.2, 0.25) is 0 Å². The van der Waals surface area contributed by atoms with E-state index in [1.54, 1.807) is 0 Å². The standard InChI is InChI=1S/C67H70BN3O/c1-42(2)45-28-22-29-46-47-30-23-39-56(63(47)72-62(45)46)69(43-26-16-15-17-27-43)44-40-57-59-58(41-44)71(55-38-21-19-32-49(55)65(6,7)8)61-51(67(12,13)14)34-25-36-53(61)68(59)52-35-24-33-50(66(9,10)11)60(52)70(57)54-37-20-18-31-48(54)64(3,4)5/h15-42H,1-14H3. The smallest absolute Gasteiger partial charge is 0.252 e. The minimum atomic E-state index is -0.178. The summed E-state index contributed by atoms with van der Waals surface area (Å²) in [4.78, 5) is 7.80. The molecule has 0 fully saturated rings. The lowest BCUT2D eigenvalue weighted by Gasteiger charge is -2.48. The normalized spacial score (nSPS) is 13.7. The van der Waals surface area contributed by atoms with Crippen molar-refractivity contribution in [1.82, 2.24) is 0 Å². The van der Waals surface area contributed by atoms with Crippen LogP contribution in [-0.4, -0.2) is 6.71 Å². The predicted molar refractivity (Wildman–Crippen MR) is 311 cm³/mol. The summed E-state index contributed by atoms with van der Waals surface area (Å²) in [6.07, 6.45) is 0. The zero-order chi connectivity index (χ0) is 50.8. The molecular formula is C67H70BN3O. The first-order chi connectivity index (χ1) is 34.1. The number of nitrogens with zero attached hydrogens (tertiary/aromatic N) is 3. The van der Waals surface area contributed by atoms with E-state index in [1.807, 2.05) is 0 Å². The number of para-hydroxylation sites is 7. The third kappa shape index (κ3) is 7.57. The molecule has 1 aromatic heterocycles. The summed E-state index contributed by atoms with van der Waals surface area (Å²) < 4.78 is 7.22. The van der Waals surface area contributed by atoms with Crippen molar-refractivity contribution in [1.29, 1.82) is 0 Å². The van der Waals surface area contributed by atoms with Gasteiger partial charge in [-0.3, -0.25) is 0 Å². The van der Waals surface area contributed by atoms with Crippen LogP contribution in [-0.2, 0) is 21.7 Å². The van der Waals surface area contributed by atoms with E-state index in [9.17, 15) is 0 Å². The Bertz CT molecular complexity index is 3420. The van der Waals surface area contributed by atoms with Crippen molar-refractivity contribution in [3.63, 3.8) is 0 Å². The summed E-state index contributed by atoms with van der Waals surface area (Å²) in [6.45, 7) is 32.8. The van der Waals surface area contributed by atoms with E-state index in [0.29, 0.717) is 5.92 Å². The van der Waals surface area contributed by atoms with Crippen molar-refractivity contribution in [3.8, 4) is 0 Å². The highest BCUT2D eigenvalue weighted by Crippen LogP contribution is 2.54. The van der Waals surface area contributed by atoms with Crippen LogP contribution in [0.1, 0.15) is 131 Å². The predicted octanol–water partition coefficient (Wildman–Crippen LogP) is 17.5. The molecule has 0 amide bonds. The van der Waals surface area contributed by atoms with E-state index >= 15 is 0 Å². The number of hydrogen-bond acceptors (Lipinski definition) is 4.